The van der Waals surface area contributed by atoms with Crippen LogP contribution >= 0.6 is 0 Å². The number of ether oxygens (including phenoxy) is 1. The van der Waals surface area contributed by atoms with Crippen LogP contribution in [0.15, 0.2) is 42.6 Å². The number of benzene rings is 1. The summed E-state index contributed by atoms with van der Waals surface area (Å²) in [6, 6.07) is 9.71. The first kappa shape index (κ1) is 18.6. The van der Waals surface area contributed by atoms with Crippen LogP contribution in [0.2, 0.25) is 0 Å². The number of hydrogen-bond acceptors (Lipinski definition) is 4. The van der Waals surface area contributed by atoms with E-state index in [1.54, 1.807) is 18.2 Å². The molecule has 1 unspecified atom stereocenters. The number of halogens is 1. The van der Waals surface area contributed by atoms with Crippen molar-refractivity contribution in [2.24, 2.45) is 5.92 Å². The molecule has 1 atom stereocenters. The van der Waals surface area contributed by atoms with Gasteiger partial charge in [0.15, 0.2) is 0 Å². The van der Waals surface area contributed by atoms with Gasteiger partial charge in [-0.25, -0.2) is 14.2 Å². The number of carbonyl (C=O) groups is 2. The predicted octanol–water partition coefficient (Wildman–Crippen LogP) is 2.89. The molecule has 1 aromatic carbocycles. The summed E-state index contributed by atoms with van der Waals surface area (Å²) in [5.41, 5.74) is 1.84. The molecule has 6 heteroatoms. The maximum absolute atomic E-state index is 13.2. The zero-order valence-corrected chi connectivity index (χ0v) is 14.3. The summed E-state index contributed by atoms with van der Waals surface area (Å²) in [6.45, 7) is 2.25. The van der Waals surface area contributed by atoms with Crippen molar-refractivity contribution in [2.75, 3.05) is 7.11 Å². The molecule has 0 aliphatic heterocycles. The first-order valence-corrected chi connectivity index (χ1v) is 8.02. The third-order valence-corrected chi connectivity index (χ3v) is 3.72. The highest BCUT2D eigenvalue weighted by atomic mass is 19.1. The van der Waals surface area contributed by atoms with E-state index in [1.807, 2.05) is 13.0 Å². The molecule has 0 saturated carbocycles. The number of pyridine rings is 1. The fourth-order valence-electron chi connectivity index (χ4n) is 2.53. The van der Waals surface area contributed by atoms with Crippen LogP contribution in [0, 0.1) is 11.7 Å². The Labute approximate surface area is 146 Å². The van der Waals surface area contributed by atoms with Gasteiger partial charge >= 0.3 is 5.97 Å². The number of aromatic nitrogens is 1. The van der Waals surface area contributed by atoms with Crippen LogP contribution in [0.25, 0.3) is 0 Å². The number of rotatable bonds is 7. The molecule has 0 bridgehead atoms. The van der Waals surface area contributed by atoms with Gasteiger partial charge in [-0.15, -0.1) is 0 Å². The maximum atomic E-state index is 13.2. The van der Waals surface area contributed by atoms with Crippen molar-refractivity contribution in [1.29, 1.82) is 0 Å². The summed E-state index contributed by atoms with van der Waals surface area (Å²) in [5, 5.41) is 2.82. The number of methoxy groups -OCH3 is 1. The molecule has 0 saturated heterocycles. The number of esters is 1. The van der Waals surface area contributed by atoms with Crippen LogP contribution in [0.1, 0.15) is 35.0 Å². The highest BCUT2D eigenvalue weighted by molar-refractivity contribution is 5.87. The van der Waals surface area contributed by atoms with E-state index in [0.717, 1.165) is 11.1 Å². The number of nitrogens with zero attached hydrogens (tertiary/aromatic N) is 1. The normalized spacial score (nSPS) is 11.6. The zero-order valence-electron chi connectivity index (χ0n) is 14.3. The topological polar surface area (TPSA) is 68.3 Å². The molecule has 2 rings (SSSR count). The molecule has 132 valence electrons. The monoisotopic (exact) mass is 344 g/mol. The van der Waals surface area contributed by atoms with Crippen molar-refractivity contribution >= 4 is 11.9 Å². The van der Waals surface area contributed by atoms with E-state index >= 15 is 0 Å². The molecule has 2 aromatic rings. The van der Waals surface area contributed by atoms with E-state index in [1.165, 1.54) is 25.4 Å². The van der Waals surface area contributed by atoms with E-state index in [-0.39, 0.29) is 23.3 Å². The molecule has 0 aliphatic carbocycles. The lowest BCUT2D eigenvalue weighted by Gasteiger charge is -2.12. The summed E-state index contributed by atoms with van der Waals surface area (Å²) in [6.07, 6.45) is 2.47. The molecular weight excluding hydrogens is 323 g/mol. The number of nitrogens with one attached hydrogen (secondary N) is 1. The Kier molecular flexibility index (Phi) is 6.62. The van der Waals surface area contributed by atoms with Gasteiger partial charge in [0.2, 0.25) is 5.91 Å². The van der Waals surface area contributed by atoms with E-state index in [2.05, 4.69) is 15.0 Å². The Morgan fingerprint density at radius 1 is 1.24 bits per heavy atom. The van der Waals surface area contributed by atoms with Crippen molar-refractivity contribution in [1.82, 2.24) is 10.3 Å². The number of hydrogen-bond donors (Lipinski definition) is 1. The van der Waals surface area contributed by atoms with Crippen LogP contribution in [-0.4, -0.2) is 24.0 Å². The summed E-state index contributed by atoms with van der Waals surface area (Å²) in [5.74, 6) is -0.796. The summed E-state index contributed by atoms with van der Waals surface area (Å²) >= 11 is 0. The molecule has 0 fully saturated rings. The Hall–Kier alpha value is -2.76. The van der Waals surface area contributed by atoms with Gasteiger partial charge < -0.3 is 10.1 Å². The third kappa shape index (κ3) is 5.99. The summed E-state index contributed by atoms with van der Waals surface area (Å²) in [7, 11) is 1.29. The molecule has 1 amide bonds. The Balaban J connectivity index is 1.83. The average Bonchev–Trinajstić information content (AvgIpc) is 2.59. The van der Waals surface area contributed by atoms with E-state index in [9.17, 15) is 14.0 Å². The Morgan fingerprint density at radius 3 is 2.76 bits per heavy atom. The number of amides is 1. The van der Waals surface area contributed by atoms with Crippen LogP contribution in [0.3, 0.4) is 0 Å². The lowest BCUT2D eigenvalue weighted by atomic mass is 9.97. The molecule has 0 radical (unpaired) electrons. The van der Waals surface area contributed by atoms with Crippen LogP contribution in [0.4, 0.5) is 4.39 Å². The van der Waals surface area contributed by atoms with Crippen molar-refractivity contribution in [2.45, 2.75) is 26.3 Å². The Morgan fingerprint density at radius 2 is 2.04 bits per heavy atom. The molecule has 25 heavy (non-hydrogen) atoms. The molecular formula is C19H21FN2O3. The molecule has 5 nitrogen and oxygen atoms in total. The fourth-order valence-corrected chi connectivity index (χ4v) is 2.53. The smallest absolute Gasteiger partial charge is 0.356 e. The van der Waals surface area contributed by atoms with Crippen molar-refractivity contribution in [3.63, 3.8) is 0 Å². The second kappa shape index (κ2) is 8.92. The molecule has 1 N–H and O–H groups in total. The van der Waals surface area contributed by atoms with Crippen molar-refractivity contribution < 1.29 is 18.7 Å². The lowest BCUT2D eigenvalue weighted by Crippen LogP contribution is -2.25. The second-order valence-corrected chi connectivity index (χ2v) is 5.96. The highest BCUT2D eigenvalue weighted by Gasteiger charge is 2.11. The average molecular weight is 344 g/mol. The van der Waals surface area contributed by atoms with Crippen molar-refractivity contribution in [3.8, 4) is 0 Å². The predicted molar refractivity (Wildman–Crippen MR) is 91.3 cm³/mol. The minimum absolute atomic E-state index is 0.0878. The van der Waals surface area contributed by atoms with Gasteiger partial charge in [-0.3, -0.25) is 4.79 Å². The quantitative estimate of drug-likeness (QED) is 0.784. The standard InChI is InChI=1S/C19H21FN2O3/c1-13(8-14-4-3-5-16(20)10-14)9-18(23)22-12-15-6-7-21-17(11-15)19(24)25-2/h3-7,10-11,13H,8-9,12H2,1-2H3,(H,22,23). The van der Waals surface area contributed by atoms with E-state index < -0.39 is 5.97 Å². The summed E-state index contributed by atoms with van der Waals surface area (Å²) < 4.78 is 17.8. The van der Waals surface area contributed by atoms with Crippen LogP contribution < -0.4 is 5.32 Å². The highest BCUT2D eigenvalue weighted by Crippen LogP contribution is 2.13. The van der Waals surface area contributed by atoms with Gasteiger partial charge in [-0.05, 0) is 47.7 Å². The van der Waals surface area contributed by atoms with Gasteiger partial charge in [0.1, 0.15) is 11.5 Å². The maximum Gasteiger partial charge on any atom is 0.356 e. The first-order valence-electron chi connectivity index (χ1n) is 8.02. The van der Waals surface area contributed by atoms with E-state index in [4.69, 9.17) is 0 Å². The Bertz CT molecular complexity index is 749. The second-order valence-electron chi connectivity index (χ2n) is 5.96. The van der Waals surface area contributed by atoms with E-state index in [0.29, 0.717) is 19.4 Å². The van der Waals surface area contributed by atoms with Crippen LogP contribution in [-0.2, 0) is 22.5 Å². The first-order chi connectivity index (χ1) is 12.0. The molecule has 1 aromatic heterocycles. The van der Waals surface area contributed by atoms with Gasteiger partial charge in [0, 0.05) is 19.2 Å². The number of carbonyl (C=O) groups excluding carboxylic acids is 2. The van der Waals surface area contributed by atoms with Gasteiger partial charge in [0.05, 0.1) is 7.11 Å². The summed E-state index contributed by atoms with van der Waals surface area (Å²) in [4.78, 5) is 27.4. The van der Waals surface area contributed by atoms with Gasteiger partial charge in [-0.1, -0.05) is 19.1 Å². The van der Waals surface area contributed by atoms with Gasteiger partial charge in [-0.2, -0.15) is 0 Å². The lowest BCUT2D eigenvalue weighted by molar-refractivity contribution is -0.122. The fraction of sp³-hybridized carbons (Fsp3) is 0.316. The van der Waals surface area contributed by atoms with Crippen molar-refractivity contribution in [3.05, 3.63) is 65.2 Å². The minimum atomic E-state index is -0.517. The largest absolute Gasteiger partial charge is 0.464 e. The molecule has 1 heterocycles. The molecule has 0 aliphatic rings. The third-order valence-electron chi connectivity index (χ3n) is 3.72. The molecule has 0 spiro atoms. The van der Waals surface area contributed by atoms with Gasteiger partial charge in [0.25, 0.3) is 0 Å². The zero-order chi connectivity index (χ0) is 18.2. The SMILES string of the molecule is COC(=O)c1cc(CNC(=O)CC(C)Cc2cccc(F)c2)ccn1. The van der Waals surface area contributed by atoms with Crippen LogP contribution in [0.5, 0.6) is 0 Å². The minimum Gasteiger partial charge on any atom is -0.464 e.